The van der Waals surface area contributed by atoms with Gasteiger partial charge in [-0.3, -0.25) is 4.79 Å². The number of para-hydroxylation sites is 1. The van der Waals surface area contributed by atoms with Gasteiger partial charge in [0.25, 0.3) is 5.91 Å². The topological polar surface area (TPSA) is 59.8 Å². The molecular weight excluding hydrogens is 276 g/mol. The fraction of sp³-hybridized carbons (Fsp3) is 0.235. The average molecular weight is 292 g/mol. The molecule has 0 aliphatic carbocycles. The van der Waals surface area contributed by atoms with Gasteiger partial charge in [0.1, 0.15) is 11.5 Å². The molecule has 1 unspecified atom stereocenters. The molecule has 1 amide bonds. The number of carbonyl (C=O) groups excluding carboxylic acids is 1. The lowest BCUT2D eigenvalue weighted by molar-refractivity contribution is 0.0923. The number of aryl methyl sites for hydroxylation is 1. The average Bonchev–Trinajstić information content (AvgIpc) is 3.02. The van der Waals surface area contributed by atoms with Crippen molar-refractivity contribution in [1.29, 1.82) is 0 Å². The molecule has 0 saturated carbocycles. The van der Waals surface area contributed by atoms with Crippen molar-refractivity contribution < 1.29 is 4.79 Å². The zero-order chi connectivity index (χ0) is 14.9. The monoisotopic (exact) mass is 292 g/mol. The summed E-state index contributed by atoms with van der Waals surface area (Å²) in [5.41, 5.74) is 1.31. The van der Waals surface area contributed by atoms with Gasteiger partial charge in [0, 0.05) is 36.8 Å². The van der Waals surface area contributed by atoms with E-state index < -0.39 is 0 Å². The Balaban J connectivity index is 1.52. The molecular formula is C17H16N4O. The van der Waals surface area contributed by atoms with Gasteiger partial charge in [-0.25, -0.2) is 9.97 Å². The second-order valence-corrected chi connectivity index (χ2v) is 5.59. The molecule has 1 aliphatic rings. The molecule has 1 atom stereocenters. The van der Waals surface area contributed by atoms with Gasteiger partial charge in [-0.2, -0.15) is 0 Å². The van der Waals surface area contributed by atoms with Crippen molar-refractivity contribution in [3.63, 3.8) is 0 Å². The number of imidazole rings is 1. The number of hydrogen-bond donors (Lipinski definition) is 1. The SMILES string of the molecule is O=C(NC1CCc2nccn2C1)c1ccc2ccccc2n1. The van der Waals surface area contributed by atoms with Crippen LogP contribution in [0, 0.1) is 0 Å². The third-order valence-corrected chi connectivity index (χ3v) is 4.10. The van der Waals surface area contributed by atoms with Gasteiger partial charge in [0.05, 0.1) is 5.52 Å². The molecule has 1 N–H and O–H groups in total. The first kappa shape index (κ1) is 13.0. The molecule has 1 aromatic carbocycles. The second-order valence-electron chi connectivity index (χ2n) is 5.59. The van der Waals surface area contributed by atoms with Gasteiger partial charge >= 0.3 is 0 Å². The highest BCUT2D eigenvalue weighted by Gasteiger charge is 2.21. The van der Waals surface area contributed by atoms with Crippen molar-refractivity contribution in [2.75, 3.05) is 0 Å². The molecule has 0 fully saturated rings. The maximum absolute atomic E-state index is 12.4. The Morgan fingerprint density at radius 1 is 1.23 bits per heavy atom. The minimum atomic E-state index is -0.112. The summed E-state index contributed by atoms with van der Waals surface area (Å²) in [6, 6.07) is 11.7. The van der Waals surface area contributed by atoms with Crippen LogP contribution in [0.1, 0.15) is 22.7 Å². The van der Waals surface area contributed by atoms with Crippen LogP contribution in [0.5, 0.6) is 0 Å². The standard InChI is InChI=1S/C17H16N4O/c22-17(15-7-5-12-3-1-2-4-14(12)20-15)19-13-6-8-16-18-9-10-21(16)11-13/h1-5,7,9-10,13H,6,8,11H2,(H,19,22). The summed E-state index contributed by atoms with van der Waals surface area (Å²) in [5.74, 6) is 0.980. The largest absolute Gasteiger partial charge is 0.346 e. The van der Waals surface area contributed by atoms with Crippen LogP contribution >= 0.6 is 0 Å². The van der Waals surface area contributed by atoms with Gasteiger partial charge < -0.3 is 9.88 Å². The Kier molecular flexibility index (Phi) is 3.11. The van der Waals surface area contributed by atoms with E-state index in [1.807, 2.05) is 42.7 Å². The normalized spacial score (nSPS) is 17.2. The number of benzene rings is 1. The molecule has 3 heterocycles. The number of pyridine rings is 1. The zero-order valence-electron chi connectivity index (χ0n) is 12.1. The first-order chi connectivity index (χ1) is 10.8. The first-order valence-electron chi connectivity index (χ1n) is 7.46. The fourth-order valence-electron chi connectivity index (χ4n) is 2.94. The lowest BCUT2D eigenvalue weighted by Crippen LogP contribution is -2.41. The summed E-state index contributed by atoms with van der Waals surface area (Å²) >= 11 is 0. The van der Waals surface area contributed by atoms with E-state index in [1.165, 1.54) is 0 Å². The third-order valence-electron chi connectivity index (χ3n) is 4.10. The molecule has 5 heteroatoms. The van der Waals surface area contributed by atoms with E-state index in [0.29, 0.717) is 5.69 Å². The molecule has 0 spiro atoms. The number of aromatic nitrogens is 3. The highest BCUT2D eigenvalue weighted by molar-refractivity contribution is 5.95. The van der Waals surface area contributed by atoms with Crippen LogP contribution in [0.25, 0.3) is 10.9 Å². The summed E-state index contributed by atoms with van der Waals surface area (Å²) in [4.78, 5) is 21.2. The molecule has 0 saturated heterocycles. The minimum absolute atomic E-state index is 0.112. The summed E-state index contributed by atoms with van der Waals surface area (Å²) in [7, 11) is 0. The lowest BCUT2D eigenvalue weighted by Gasteiger charge is -2.24. The Bertz CT molecular complexity index is 839. The predicted octanol–water partition coefficient (Wildman–Crippen LogP) is 2.18. The zero-order valence-corrected chi connectivity index (χ0v) is 12.1. The molecule has 2 aromatic heterocycles. The number of carbonyl (C=O) groups is 1. The minimum Gasteiger partial charge on any atom is -0.346 e. The molecule has 5 nitrogen and oxygen atoms in total. The van der Waals surface area contributed by atoms with Crippen LogP contribution in [-0.2, 0) is 13.0 Å². The van der Waals surface area contributed by atoms with Crippen molar-refractivity contribution in [3.8, 4) is 0 Å². The second kappa shape index (κ2) is 5.26. The van der Waals surface area contributed by atoms with E-state index in [9.17, 15) is 4.79 Å². The van der Waals surface area contributed by atoms with Gasteiger partial charge in [-0.1, -0.05) is 24.3 Å². The predicted molar refractivity (Wildman–Crippen MR) is 83.5 cm³/mol. The number of fused-ring (bicyclic) bond motifs is 2. The van der Waals surface area contributed by atoms with Crippen LogP contribution < -0.4 is 5.32 Å². The van der Waals surface area contributed by atoms with E-state index >= 15 is 0 Å². The van der Waals surface area contributed by atoms with Crippen LogP contribution in [0.15, 0.2) is 48.8 Å². The number of hydrogen-bond acceptors (Lipinski definition) is 3. The highest BCUT2D eigenvalue weighted by atomic mass is 16.1. The van der Waals surface area contributed by atoms with Crippen molar-refractivity contribution in [1.82, 2.24) is 19.9 Å². The summed E-state index contributed by atoms with van der Waals surface area (Å²) in [6.07, 6.45) is 5.58. The molecule has 22 heavy (non-hydrogen) atoms. The van der Waals surface area contributed by atoms with Gasteiger partial charge in [0.15, 0.2) is 0 Å². The van der Waals surface area contributed by atoms with Crippen LogP contribution in [0.3, 0.4) is 0 Å². The third kappa shape index (κ3) is 2.35. The fourth-order valence-corrected chi connectivity index (χ4v) is 2.94. The number of amides is 1. The Labute approximate surface area is 128 Å². The number of nitrogens with zero attached hydrogens (tertiary/aromatic N) is 3. The van der Waals surface area contributed by atoms with E-state index in [0.717, 1.165) is 36.1 Å². The highest BCUT2D eigenvalue weighted by Crippen LogP contribution is 2.15. The maximum Gasteiger partial charge on any atom is 0.270 e. The quantitative estimate of drug-likeness (QED) is 0.787. The van der Waals surface area contributed by atoms with Crippen molar-refractivity contribution >= 4 is 16.8 Å². The van der Waals surface area contributed by atoms with Gasteiger partial charge in [0.2, 0.25) is 0 Å². The van der Waals surface area contributed by atoms with Crippen LogP contribution in [0.4, 0.5) is 0 Å². The Morgan fingerprint density at radius 3 is 3.09 bits per heavy atom. The number of rotatable bonds is 2. The van der Waals surface area contributed by atoms with E-state index in [-0.39, 0.29) is 11.9 Å². The van der Waals surface area contributed by atoms with E-state index in [1.54, 1.807) is 6.07 Å². The molecule has 1 aliphatic heterocycles. The Morgan fingerprint density at radius 2 is 2.14 bits per heavy atom. The first-order valence-corrected chi connectivity index (χ1v) is 7.46. The molecule has 0 bridgehead atoms. The van der Waals surface area contributed by atoms with E-state index in [2.05, 4.69) is 19.9 Å². The molecule has 0 radical (unpaired) electrons. The maximum atomic E-state index is 12.4. The molecule has 110 valence electrons. The Hall–Kier alpha value is -2.69. The van der Waals surface area contributed by atoms with Gasteiger partial charge in [-0.05, 0) is 18.6 Å². The summed E-state index contributed by atoms with van der Waals surface area (Å²) < 4.78 is 2.10. The number of nitrogens with one attached hydrogen (secondary N) is 1. The van der Waals surface area contributed by atoms with Crippen molar-refractivity contribution in [2.45, 2.75) is 25.4 Å². The van der Waals surface area contributed by atoms with Crippen LogP contribution in [0.2, 0.25) is 0 Å². The molecule has 4 rings (SSSR count). The molecule has 3 aromatic rings. The lowest BCUT2D eigenvalue weighted by atomic mass is 10.1. The smallest absolute Gasteiger partial charge is 0.270 e. The summed E-state index contributed by atoms with van der Waals surface area (Å²) in [6.45, 7) is 0.772. The van der Waals surface area contributed by atoms with Crippen LogP contribution in [-0.4, -0.2) is 26.5 Å². The van der Waals surface area contributed by atoms with Crippen molar-refractivity contribution in [3.05, 3.63) is 60.3 Å². The van der Waals surface area contributed by atoms with Gasteiger partial charge in [-0.15, -0.1) is 0 Å². The van der Waals surface area contributed by atoms with Crippen molar-refractivity contribution in [2.24, 2.45) is 0 Å². The summed E-state index contributed by atoms with van der Waals surface area (Å²) in [5, 5.41) is 4.12. The van der Waals surface area contributed by atoms with E-state index in [4.69, 9.17) is 0 Å².